The van der Waals surface area contributed by atoms with E-state index >= 15 is 0 Å². The molecule has 7 heteroatoms. The van der Waals surface area contributed by atoms with Gasteiger partial charge in [0.15, 0.2) is 0 Å². The van der Waals surface area contributed by atoms with Crippen LogP contribution in [0.15, 0.2) is 6.07 Å². The van der Waals surface area contributed by atoms with Crippen molar-refractivity contribution in [3.05, 3.63) is 17.3 Å². The van der Waals surface area contributed by atoms with E-state index in [2.05, 4.69) is 4.98 Å². The minimum Gasteiger partial charge on any atom is -0.480 e. The number of carbonyl (C=O) groups is 1. The quantitative estimate of drug-likeness (QED) is 0.816. The van der Waals surface area contributed by atoms with Gasteiger partial charge in [-0.05, 0) is 18.6 Å². The van der Waals surface area contributed by atoms with Crippen molar-refractivity contribution in [3.8, 4) is 5.88 Å². The molecule has 0 atom stereocenters. The average Bonchev–Trinajstić information content (AvgIpc) is 2.31. The Hall–Kier alpha value is -1.92. The molecule has 0 aliphatic rings. The fourth-order valence-electron chi connectivity index (χ4n) is 1.38. The number of pyridine rings is 1. The highest BCUT2D eigenvalue weighted by molar-refractivity contribution is 5.75. The zero-order chi connectivity index (χ0) is 13.7. The van der Waals surface area contributed by atoms with Gasteiger partial charge in [0.1, 0.15) is 5.69 Å². The van der Waals surface area contributed by atoms with E-state index in [1.54, 1.807) is 6.92 Å². The second-order valence-electron chi connectivity index (χ2n) is 3.41. The second-order valence-corrected chi connectivity index (χ2v) is 3.41. The number of alkyl halides is 2. The third-order valence-electron chi connectivity index (χ3n) is 2.19. The van der Waals surface area contributed by atoms with E-state index in [0.717, 1.165) is 6.07 Å². The topological polar surface area (TPSA) is 74.4 Å². The Kier molecular flexibility index (Phi) is 4.82. The molecule has 2 N–H and O–H groups in total. The van der Waals surface area contributed by atoms with Crippen molar-refractivity contribution in [2.24, 2.45) is 0 Å². The first kappa shape index (κ1) is 14.1. The van der Waals surface area contributed by atoms with Gasteiger partial charge in [0, 0.05) is 0 Å². The number of anilines is 1. The largest absolute Gasteiger partial charge is 0.480 e. The number of hydrogen-bond donors (Lipinski definition) is 1. The van der Waals surface area contributed by atoms with Crippen LogP contribution < -0.4 is 10.5 Å². The standard InChI is InChI=1S/C11H14F2N2O3/c1-3-18-8(16)5-6-4-7(10(12)13)15-11(17-2)9(6)14/h4,10H,3,5,14H2,1-2H3. The molecule has 1 heterocycles. The van der Waals surface area contributed by atoms with Gasteiger partial charge in [-0.1, -0.05) is 0 Å². The molecule has 0 aliphatic carbocycles. The van der Waals surface area contributed by atoms with Gasteiger partial charge in [-0.25, -0.2) is 13.8 Å². The van der Waals surface area contributed by atoms with E-state index in [1.807, 2.05) is 0 Å². The molecule has 0 fully saturated rings. The van der Waals surface area contributed by atoms with E-state index in [-0.39, 0.29) is 30.2 Å². The maximum absolute atomic E-state index is 12.6. The Morgan fingerprint density at radius 1 is 1.56 bits per heavy atom. The Morgan fingerprint density at radius 2 is 2.22 bits per heavy atom. The summed E-state index contributed by atoms with van der Waals surface area (Å²) in [4.78, 5) is 14.9. The molecule has 0 bridgehead atoms. The van der Waals surface area contributed by atoms with Crippen molar-refractivity contribution in [3.63, 3.8) is 0 Å². The lowest BCUT2D eigenvalue weighted by molar-refractivity contribution is -0.142. The average molecular weight is 260 g/mol. The summed E-state index contributed by atoms with van der Waals surface area (Å²) in [6.45, 7) is 1.86. The van der Waals surface area contributed by atoms with Crippen LogP contribution in [0.5, 0.6) is 5.88 Å². The third kappa shape index (κ3) is 3.28. The lowest BCUT2D eigenvalue weighted by Crippen LogP contribution is -2.11. The van der Waals surface area contributed by atoms with Crippen molar-refractivity contribution in [2.75, 3.05) is 19.5 Å². The molecular weight excluding hydrogens is 246 g/mol. The smallest absolute Gasteiger partial charge is 0.310 e. The lowest BCUT2D eigenvalue weighted by Gasteiger charge is -2.11. The van der Waals surface area contributed by atoms with Crippen LogP contribution in [0.3, 0.4) is 0 Å². The van der Waals surface area contributed by atoms with Crippen LogP contribution in [0.4, 0.5) is 14.5 Å². The van der Waals surface area contributed by atoms with E-state index in [0.29, 0.717) is 0 Å². The highest BCUT2D eigenvalue weighted by atomic mass is 19.3. The summed E-state index contributed by atoms with van der Waals surface area (Å²) in [6.07, 6.45) is -2.96. The van der Waals surface area contributed by atoms with E-state index in [9.17, 15) is 13.6 Å². The highest BCUT2D eigenvalue weighted by Crippen LogP contribution is 2.28. The van der Waals surface area contributed by atoms with Crippen molar-refractivity contribution < 1.29 is 23.0 Å². The van der Waals surface area contributed by atoms with Crippen molar-refractivity contribution >= 4 is 11.7 Å². The van der Waals surface area contributed by atoms with Gasteiger partial charge in [0.25, 0.3) is 6.43 Å². The molecule has 0 amide bonds. The van der Waals surface area contributed by atoms with Gasteiger partial charge < -0.3 is 15.2 Å². The van der Waals surface area contributed by atoms with Gasteiger partial charge in [-0.2, -0.15) is 0 Å². The summed E-state index contributed by atoms with van der Waals surface area (Å²) in [5.74, 6) is -0.662. The predicted molar refractivity (Wildman–Crippen MR) is 60.5 cm³/mol. The number of esters is 1. The van der Waals surface area contributed by atoms with Crippen molar-refractivity contribution in [1.29, 1.82) is 0 Å². The normalized spacial score (nSPS) is 10.5. The number of ether oxygens (including phenoxy) is 2. The number of aromatic nitrogens is 1. The van der Waals surface area contributed by atoms with E-state index in [1.165, 1.54) is 7.11 Å². The summed E-state index contributed by atoms with van der Waals surface area (Å²) in [5, 5.41) is 0. The minimum atomic E-state index is -2.76. The van der Waals surface area contributed by atoms with Gasteiger partial charge >= 0.3 is 5.97 Å². The number of carbonyl (C=O) groups excluding carboxylic acids is 1. The van der Waals surface area contributed by atoms with Gasteiger partial charge in [-0.3, -0.25) is 4.79 Å². The molecule has 5 nitrogen and oxygen atoms in total. The molecule has 1 rings (SSSR count). The number of rotatable bonds is 5. The molecule has 0 saturated carbocycles. The summed E-state index contributed by atoms with van der Waals surface area (Å²) in [5.41, 5.74) is 5.46. The van der Waals surface area contributed by atoms with Crippen LogP contribution >= 0.6 is 0 Å². The third-order valence-corrected chi connectivity index (χ3v) is 2.19. The second kappa shape index (κ2) is 6.13. The minimum absolute atomic E-state index is 0.0648. The number of methoxy groups -OCH3 is 1. The molecule has 0 spiro atoms. The molecule has 0 unspecified atom stereocenters. The number of hydrogen-bond acceptors (Lipinski definition) is 5. The SMILES string of the molecule is CCOC(=O)Cc1cc(C(F)F)nc(OC)c1N. The molecule has 18 heavy (non-hydrogen) atoms. The first-order valence-corrected chi connectivity index (χ1v) is 5.26. The molecular formula is C11H14F2N2O3. The number of nitrogens with two attached hydrogens (primary N) is 1. The first-order valence-electron chi connectivity index (χ1n) is 5.26. The Labute approximate surface area is 103 Å². The lowest BCUT2D eigenvalue weighted by atomic mass is 10.1. The van der Waals surface area contributed by atoms with Crippen LogP contribution in [0, 0.1) is 0 Å². The Balaban J connectivity index is 3.08. The van der Waals surface area contributed by atoms with Crippen molar-refractivity contribution in [1.82, 2.24) is 4.98 Å². The summed E-state index contributed by atoms with van der Waals surface area (Å²) in [7, 11) is 1.27. The summed E-state index contributed by atoms with van der Waals surface area (Å²) >= 11 is 0. The van der Waals surface area contributed by atoms with Crippen molar-refractivity contribution in [2.45, 2.75) is 19.8 Å². The number of halogens is 2. The van der Waals surface area contributed by atoms with Crippen LogP contribution in [0.2, 0.25) is 0 Å². The monoisotopic (exact) mass is 260 g/mol. The van der Waals surface area contributed by atoms with Gasteiger partial charge in [-0.15, -0.1) is 0 Å². The molecule has 0 radical (unpaired) electrons. The molecule has 0 aromatic carbocycles. The van der Waals surface area contributed by atoms with Gasteiger partial charge in [0.05, 0.1) is 25.8 Å². The molecule has 0 saturated heterocycles. The van der Waals surface area contributed by atoms with E-state index < -0.39 is 18.1 Å². The molecule has 1 aromatic rings. The van der Waals surface area contributed by atoms with Crippen LogP contribution in [-0.4, -0.2) is 24.7 Å². The molecule has 100 valence electrons. The summed E-state index contributed by atoms with van der Waals surface area (Å²) in [6, 6.07) is 1.08. The Bertz CT molecular complexity index is 439. The summed E-state index contributed by atoms with van der Waals surface area (Å²) < 4.78 is 34.7. The van der Waals surface area contributed by atoms with E-state index in [4.69, 9.17) is 15.2 Å². The zero-order valence-corrected chi connectivity index (χ0v) is 10.1. The Morgan fingerprint density at radius 3 is 2.72 bits per heavy atom. The number of nitrogen functional groups attached to an aromatic ring is 1. The van der Waals surface area contributed by atoms with Gasteiger partial charge in [0.2, 0.25) is 5.88 Å². The maximum Gasteiger partial charge on any atom is 0.310 e. The maximum atomic E-state index is 12.6. The van der Waals surface area contributed by atoms with Crippen LogP contribution in [-0.2, 0) is 16.0 Å². The number of nitrogens with zero attached hydrogens (tertiary/aromatic N) is 1. The fourth-order valence-corrected chi connectivity index (χ4v) is 1.38. The fraction of sp³-hybridized carbons (Fsp3) is 0.455. The predicted octanol–water partition coefficient (Wildman–Crippen LogP) is 1.72. The molecule has 0 aliphatic heterocycles. The first-order chi connectivity index (χ1) is 8.49. The van der Waals surface area contributed by atoms with Crippen LogP contribution in [0.1, 0.15) is 24.6 Å². The highest BCUT2D eigenvalue weighted by Gasteiger charge is 2.18. The molecule has 1 aromatic heterocycles. The zero-order valence-electron chi connectivity index (χ0n) is 10.1. The van der Waals surface area contributed by atoms with Crippen LogP contribution in [0.25, 0.3) is 0 Å².